The molecule has 0 aliphatic rings. The third kappa shape index (κ3) is 4.35. The number of rotatable bonds is 5. The Bertz CT molecular complexity index is 1190. The van der Waals surface area contributed by atoms with Crippen molar-refractivity contribution in [3.8, 4) is 0 Å². The van der Waals surface area contributed by atoms with Gasteiger partial charge in [-0.15, -0.1) is 0 Å². The van der Waals surface area contributed by atoms with Crippen molar-refractivity contribution in [1.82, 2.24) is 9.55 Å². The summed E-state index contributed by atoms with van der Waals surface area (Å²) >= 11 is 0. The Balaban J connectivity index is 1.35. The zero-order valence-corrected chi connectivity index (χ0v) is 17.6. The summed E-state index contributed by atoms with van der Waals surface area (Å²) in [5, 5.41) is 5.80. The molecule has 3 aromatic carbocycles. The highest BCUT2D eigenvalue weighted by atomic mass is 16.2. The molecule has 1 aromatic heterocycles. The van der Waals surface area contributed by atoms with Crippen LogP contribution in [0.15, 0.2) is 66.7 Å². The summed E-state index contributed by atoms with van der Waals surface area (Å²) in [6, 6.07) is 21.9. The van der Waals surface area contributed by atoms with Gasteiger partial charge >= 0.3 is 6.03 Å². The average molecular weight is 399 g/mol. The number of benzene rings is 3. The van der Waals surface area contributed by atoms with E-state index in [1.165, 1.54) is 11.1 Å². The van der Waals surface area contributed by atoms with Gasteiger partial charge in [-0.1, -0.05) is 42.0 Å². The number of carbonyl (C=O) groups is 1. The van der Waals surface area contributed by atoms with Crippen LogP contribution in [0, 0.1) is 13.8 Å². The second kappa shape index (κ2) is 8.41. The van der Waals surface area contributed by atoms with Crippen LogP contribution in [0.4, 0.5) is 16.2 Å². The Kier molecular flexibility index (Phi) is 5.53. The number of amides is 2. The minimum absolute atomic E-state index is 0.241. The molecule has 0 radical (unpaired) electrons. The first-order valence-electron chi connectivity index (χ1n) is 10.1. The van der Waals surface area contributed by atoms with Gasteiger partial charge in [0, 0.05) is 24.8 Å². The molecule has 0 unspecified atom stereocenters. The van der Waals surface area contributed by atoms with Gasteiger partial charge in [0.15, 0.2) is 0 Å². The largest absolute Gasteiger partial charge is 0.331 e. The maximum atomic E-state index is 12.3. The number of aromatic nitrogens is 2. The molecule has 0 atom stereocenters. The molecule has 0 bridgehead atoms. The summed E-state index contributed by atoms with van der Waals surface area (Å²) < 4.78 is 2.16. The predicted molar refractivity (Wildman–Crippen MR) is 123 cm³/mol. The average Bonchev–Trinajstić information content (AvgIpc) is 3.05. The molecule has 2 amide bonds. The molecule has 0 spiro atoms. The number of nitrogens with one attached hydrogen (secondary N) is 2. The molecule has 1 heterocycles. The fourth-order valence-corrected chi connectivity index (χ4v) is 3.67. The van der Waals surface area contributed by atoms with Crippen LogP contribution >= 0.6 is 0 Å². The number of aryl methyl sites for hydroxylation is 5. The number of para-hydroxylation sites is 2. The summed E-state index contributed by atoms with van der Waals surface area (Å²) in [4.78, 5) is 17.0. The zero-order valence-electron chi connectivity index (χ0n) is 17.6. The third-order valence-corrected chi connectivity index (χ3v) is 5.36. The van der Waals surface area contributed by atoms with E-state index in [0.717, 1.165) is 46.6 Å². The second-order valence-electron chi connectivity index (χ2n) is 7.67. The molecule has 0 fully saturated rings. The molecule has 4 rings (SSSR count). The number of urea groups is 1. The fourth-order valence-electron chi connectivity index (χ4n) is 3.67. The second-order valence-corrected chi connectivity index (χ2v) is 7.67. The van der Waals surface area contributed by atoms with Crippen LogP contribution in [0.5, 0.6) is 0 Å². The van der Waals surface area contributed by atoms with E-state index in [2.05, 4.69) is 46.5 Å². The van der Waals surface area contributed by atoms with E-state index in [0.29, 0.717) is 0 Å². The highest BCUT2D eigenvalue weighted by Gasteiger charge is 2.08. The first-order chi connectivity index (χ1) is 14.5. The molecule has 2 N–H and O–H groups in total. The number of carbonyl (C=O) groups excluding carboxylic acids is 1. The summed E-state index contributed by atoms with van der Waals surface area (Å²) in [5.74, 6) is 1.08. The van der Waals surface area contributed by atoms with Gasteiger partial charge in [-0.05, 0) is 61.7 Å². The Hall–Kier alpha value is -3.60. The van der Waals surface area contributed by atoms with Crippen LogP contribution in [-0.4, -0.2) is 15.6 Å². The van der Waals surface area contributed by atoms with Gasteiger partial charge in [0.25, 0.3) is 0 Å². The first kappa shape index (κ1) is 19.7. The highest BCUT2D eigenvalue weighted by molar-refractivity contribution is 6.00. The van der Waals surface area contributed by atoms with Crippen molar-refractivity contribution >= 4 is 28.4 Å². The van der Waals surface area contributed by atoms with E-state index in [-0.39, 0.29) is 6.03 Å². The number of hydrogen-bond acceptors (Lipinski definition) is 2. The number of hydrogen-bond donors (Lipinski definition) is 2. The molecule has 0 saturated heterocycles. The van der Waals surface area contributed by atoms with Crippen molar-refractivity contribution < 1.29 is 4.79 Å². The van der Waals surface area contributed by atoms with Crippen molar-refractivity contribution in [2.75, 3.05) is 10.6 Å². The summed E-state index contributed by atoms with van der Waals surface area (Å²) in [5.41, 5.74) is 7.20. The lowest BCUT2D eigenvalue weighted by atomic mass is 10.1. The normalized spacial score (nSPS) is 10.9. The Morgan fingerprint density at radius 3 is 2.43 bits per heavy atom. The summed E-state index contributed by atoms with van der Waals surface area (Å²) in [6.45, 7) is 4.02. The van der Waals surface area contributed by atoms with Gasteiger partial charge in [-0.3, -0.25) is 0 Å². The predicted octanol–water partition coefficient (Wildman–Crippen LogP) is 5.62. The Labute approximate surface area is 176 Å². The molecule has 5 nitrogen and oxygen atoms in total. The number of anilines is 2. The molecule has 152 valence electrons. The number of imidazole rings is 1. The molecule has 5 heteroatoms. The van der Waals surface area contributed by atoms with Crippen molar-refractivity contribution in [3.63, 3.8) is 0 Å². The van der Waals surface area contributed by atoms with E-state index in [1.54, 1.807) is 0 Å². The Morgan fingerprint density at radius 2 is 1.70 bits per heavy atom. The fraction of sp³-hybridized carbons (Fsp3) is 0.200. The minimum atomic E-state index is -0.241. The molecule has 0 aliphatic heterocycles. The quantitative estimate of drug-likeness (QED) is 0.458. The molecule has 0 saturated carbocycles. The molecule has 0 aliphatic carbocycles. The van der Waals surface area contributed by atoms with E-state index >= 15 is 0 Å². The van der Waals surface area contributed by atoms with Gasteiger partial charge in [-0.2, -0.15) is 0 Å². The van der Waals surface area contributed by atoms with Crippen molar-refractivity contribution in [3.05, 3.63) is 89.2 Å². The first-order valence-corrected chi connectivity index (χ1v) is 10.1. The lowest BCUT2D eigenvalue weighted by Crippen LogP contribution is -2.20. The molecule has 30 heavy (non-hydrogen) atoms. The third-order valence-electron chi connectivity index (χ3n) is 5.36. The number of nitrogens with zero attached hydrogens (tertiary/aromatic N) is 2. The standard InChI is InChI=1S/C25H26N4O/c1-17-8-14-21(18(2)16-17)28-25(30)26-20-12-9-19(10-13-20)11-15-24-27-22-6-4-5-7-23(22)29(24)3/h4-10,12-14,16H,11,15H2,1-3H3,(H2,26,28,30). The lowest BCUT2D eigenvalue weighted by Gasteiger charge is -2.11. The monoisotopic (exact) mass is 398 g/mol. The van der Waals surface area contributed by atoms with E-state index < -0.39 is 0 Å². The van der Waals surface area contributed by atoms with Gasteiger partial charge in [0.1, 0.15) is 5.82 Å². The summed E-state index contributed by atoms with van der Waals surface area (Å²) in [6.07, 6.45) is 1.76. The lowest BCUT2D eigenvalue weighted by molar-refractivity contribution is 0.262. The topological polar surface area (TPSA) is 59.0 Å². The van der Waals surface area contributed by atoms with E-state index in [4.69, 9.17) is 4.98 Å². The van der Waals surface area contributed by atoms with Crippen molar-refractivity contribution in [2.24, 2.45) is 7.05 Å². The van der Waals surface area contributed by atoms with Crippen LogP contribution in [0.1, 0.15) is 22.5 Å². The van der Waals surface area contributed by atoms with Gasteiger partial charge in [-0.25, -0.2) is 9.78 Å². The van der Waals surface area contributed by atoms with Crippen LogP contribution < -0.4 is 10.6 Å². The maximum Gasteiger partial charge on any atom is 0.323 e. The Morgan fingerprint density at radius 1 is 0.933 bits per heavy atom. The summed E-state index contributed by atoms with van der Waals surface area (Å²) in [7, 11) is 2.06. The van der Waals surface area contributed by atoms with E-state index in [1.807, 2.05) is 56.3 Å². The molecule has 4 aromatic rings. The van der Waals surface area contributed by atoms with Crippen LogP contribution in [0.3, 0.4) is 0 Å². The van der Waals surface area contributed by atoms with Crippen LogP contribution in [-0.2, 0) is 19.9 Å². The molecular weight excluding hydrogens is 372 g/mol. The smallest absolute Gasteiger partial charge is 0.323 e. The molecular formula is C25H26N4O. The maximum absolute atomic E-state index is 12.3. The van der Waals surface area contributed by atoms with Gasteiger partial charge < -0.3 is 15.2 Å². The van der Waals surface area contributed by atoms with E-state index in [9.17, 15) is 4.79 Å². The highest BCUT2D eigenvalue weighted by Crippen LogP contribution is 2.18. The number of fused-ring (bicyclic) bond motifs is 1. The van der Waals surface area contributed by atoms with Crippen LogP contribution in [0.2, 0.25) is 0 Å². The van der Waals surface area contributed by atoms with Crippen molar-refractivity contribution in [1.29, 1.82) is 0 Å². The minimum Gasteiger partial charge on any atom is -0.331 e. The van der Waals surface area contributed by atoms with Gasteiger partial charge in [0.2, 0.25) is 0 Å². The van der Waals surface area contributed by atoms with Crippen molar-refractivity contribution in [2.45, 2.75) is 26.7 Å². The zero-order chi connectivity index (χ0) is 21.1. The van der Waals surface area contributed by atoms with Gasteiger partial charge in [0.05, 0.1) is 11.0 Å². The van der Waals surface area contributed by atoms with Crippen LogP contribution in [0.25, 0.3) is 11.0 Å². The SMILES string of the molecule is Cc1ccc(NC(=O)Nc2ccc(CCc3nc4ccccc4n3C)cc2)c(C)c1.